The van der Waals surface area contributed by atoms with Gasteiger partial charge in [-0.05, 0) is 18.6 Å². The number of nitrogens with one attached hydrogen (secondary N) is 1. The molecule has 0 saturated heterocycles. The monoisotopic (exact) mass is 382 g/mol. The number of aromatic nitrogens is 2. The summed E-state index contributed by atoms with van der Waals surface area (Å²) in [4.78, 5) is 17.9. The summed E-state index contributed by atoms with van der Waals surface area (Å²) in [5.41, 5.74) is 1.02. The van der Waals surface area contributed by atoms with E-state index in [2.05, 4.69) is 36.9 Å². The number of H-pyrrole nitrogens is 1. The lowest BCUT2D eigenvalue weighted by atomic mass is 9.89. The third-order valence-corrected chi connectivity index (χ3v) is 5.23. The zero-order valence-electron chi connectivity index (χ0n) is 15.2. The number of para-hydroxylation sites is 1. The van der Waals surface area contributed by atoms with Crippen molar-refractivity contribution in [3.63, 3.8) is 0 Å². The molecule has 1 heterocycles. The van der Waals surface area contributed by atoms with Crippen LogP contribution in [0, 0.1) is 5.41 Å². The van der Waals surface area contributed by atoms with Crippen LogP contribution in [0.15, 0.2) is 18.2 Å². The van der Waals surface area contributed by atoms with Gasteiger partial charge in [0.1, 0.15) is 17.6 Å². The van der Waals surface area contributed by atoms with Crippen molar-refractivity contribution in [2.75, 3.05) is 6.61 Å². The molecule has 0 aliphatic rings. The summed E-state index contributed by atoms with van der Waals surface area (Å²) in [6, 6.07) is 5.39. The van der Waals surface area contributed by atoms with Gasteiger partial charge in [-0.15, -0.1) is 0 Å². The lowest BCUT2D eigenvalue weighted by Gasteiger charge is -2.34. The summed E-state index contributed by atoms with van der Waals surface area (Å²) in [5, 5.41) is 9.07. The highest BCUT2D eigenvalue weighted by Gasteiger charge is 2.30. The number of ether oxygens (including phenoxy) is 1. The third kappa shape index (κ3) is 4.91. The molecule has 1 aromatic carbocycles. The number of imidazole rings is 1. The first-order valence-corrected chi connectivity index (χ1v) is 12.5. The predicted molar refractivity (Wildman–Crippen MR) is 102 cm³/mol. The smallest absolute Gasteiger partial charge is 0.371 e. The van der Waals surface area contributed by atoms with Crippen LogP contribution >= 0.6 is 0 Å². The molecule has 0 aliphatic carbocycles. The number of aromatic amines is 1. The van der Waals surface area contributed by atoms with E-state index in [0.717, 1.165) is 6.42 Å². The van der Waals surface area contributed by atoms with Crippen molar-refractivity contribution in [3.05, 3.63) is 24.0 Å². The van der Waals surface area contributed by atoms with Crippen LogP contribution in [0.2, 0.25) is 13.1 Å². The lowest BCUT2D eigenvalue weighted by molar-refractivity contribution is -0.0854. The van der Waals surface area contributed by atoms with Gasteiger partial charge in [-0.3, -0.25) is 0 Å². The average molecular weight is 383 g/mol. The Balaban J connectivity index is 2.05. The first-order valence-electron chi connectivity index (χ1n) is 8.47. The number of aromatic carboxylic acids is 1. The summed E-state index contributed by atoms with van der Waals surface area (Å²) in [6.45, 7) is 8.90. The van der Waals surface area contributed by atoms with Gasteiger partial charge in [-0.25, -0.2) is 9.78 Å². The topological polar surface area (TPSA) is 93.7 Å². The average Bonchev–Trinajstić information content (AvgIpc) is 3.00. The van der Waals surface area contributed by atoms with Gasteiger partial charge in [-0.2, -0.15) is 0 Å². The standard InChI is InChI=1S/C16H26N2O5Si2/c1-16(2,15(22-24-3)23-25-4)8-9-21-11-7-5-6-10-12(11)18-13(17-10)14(19)20/h5-7,15H,8-9,24-25H2,1-4H3,(H,17,18)(H,19,20). The molecule has 0 radical (unpaired) electrons. The molecule has 0 amide bonds. The van der Waals surface area contributed by atoms with Crippen molar-refractivity contribution in [2.45, 2.75) is 39.7 Å². The molecular weight excluding hydrogens is 356 g/mol. The molecule has 7 nitrogen and oxygen atoms in total. The Morgan fingerprint density at radius 1 is 1.32 bits per heavy atom. The minimum Gasteiger partial charge on any atom is -0.491 e. The largest absolute Gasteiger partial charge is 0.491 e. The van der Waals surface area contributed by atoms with Crippen LogP contribution in [0.5, 0.6) is 5.75 Å². The number of benzene rings is 1. The van der Waals surface area contributed by atoms with Crippen molar-refractivity contribution in [3.8, 4) is 5.75 Å². The molecule has 25 heavy (non-hydrogen) atoms. The first kappa shape index (κ1) is 19.6. The maximum Gasteiger partial charge on any atom is 0.371 e. The summed E-state index contributed by atoms with van der Waals surface area (Å²) in [6.07, 6.45) is 0.580. The molecule has 9 heteroatoms. The van der Waals surface area contributed by atoms with Crippen molar-refractivity contribution in [1.82, 2.24) is 9.97 Å². The molecule has 2 rings (SSSR count). The fourth-order valence-corrected chi connectivity index (χ4v) is 4.46. The Morgan fingerprint density at radius 2 is 2.00 bits per heavy atom. The quantitative estimate of drug-likeness (QED) is 0.480. The van der Waals surface area contributed by atoms with Gasteiger partial charge in [0.15, 0.2) is 19.5 Å². The van der Waals surface area contributed by atoms with Crippen LogP contribution in [-0.4, -0.2) is 53.5 Å². The van der Waals surface area contributed by atoms with Crippen LogP contribution in [0.4, 0.5) is 0 Å². The number of carboxylic acid groups (broad SMARTS) is 1. The maximum absolute atomic E-state index is 11.1. The van der Waals surface area contributed by atoms with E-state index >= 15 is 0 Å². The van der Waals surface area contributed by atoms with Gasteiger partial charge in [0.05, 0.1) is 12.1 Å². The molecule has 0 unspecified atom stereocenters. The summed E-state index contributed by atoms with van der Waals surface area (Å²) < 4.78 is 17.6. The van der Waals surface area contributed by atoms with Crippen LogP contribution < -0.4 is 4.74 Å². The number of hydrogen-bond acceptors (Lipinski definition) is 5. The van der Waals surface area contributed by atoms with Gasteiger partial charge in [0.2, 0.25) is 5.82 Å². The Labute approximate surface area is 152 Å². The highest BCUT2D eigenvalue weighted by molar-refractivity contribution is 6.26. The molecule has 1 aromatic heterocycles. The number of carboxylic acids is 1. The van der Waals surface area contributed by atoms with Gasteiger partial charge in [0, 0.05) is 5.41 Å². The molecule has 138 valence electrons. The molecule has 0 atom stereocenters. The fraction of sp³-hybridized carbons (Fsp3) is 0.500. The molecule has 0 aliphatic heterocycles. The zero-order chi connectivity index (χ0) is 18.4. The van der Waals surface area contributed by atoms with Gasteiger partial charge in [0.25, 0.3) is 0 Å². The highest BCUT2D eigenvalue weighted by atomic mass is 28.2. The van der Waals surface area contributed by atoms with Crippen molar-refractivity contribution in [1.29, 1.82) is 0 Å². The number of rotatable bonds is 10. The van der Waals surface area contributed by atoms with Crippen LogP contribution in [0.25, 0.3) is 11.0 Å². The normalized spacial score (nSPS) is 14.1. The van der Waals surface area contributed by atoms with Crippen LogP contribution in [-0.2, 0) is 8.85 Å². The molecule has 0 fully saturated rings. The van der Waals surface area contributed by atoms with E-state index in [9.17, 15) is 4.79 Å². The van der Waals surface area contributed by atoms with E-state index in [1.807, 2.05) is 6.07 Å². The summed E-state index contributed by atoms with van der Waals surface area (Å²) >= 11 is 0. The molecule has 2 aromatic rings. The van der Waals surface area contributed by atoms with E-state index in [4.69, 9.17) is 18.7 Å². The second-order valence-corrected chi connectivity index (χ2v) is 8.19. The maximum atomic E-state index is 11.1. The van der Waals surface area contributed by atoms with Gasteiger partial charge in [-0.1, -0.05) is 33.0 Å². The van der Waals surface area contributed by atoms with Crippen LogP contribution in [0.3, 0.4) is 0 Å². The second-order valence-electron chi connectivity index (χ2n) is 6.37. The molecule has 0 spiro atoms. The molecule has 2 N–H and O–H groups in total. The minimum atomic E-state index is -1.09. The van der Waals surface area contributed by atoms with Crippen molar-refractivity contribution >= 4 is 36.5 Å². The first-order chi connectivity index (χ1) is 11.9. The molecule has 0 bridgehead atoms. The fourth-order valence-electron chi connectivity index (χ4n) is 2.57. The third-order valence-electron chi connectivity index (χ3n) is 3.96. The van der Waals surface area contributed by atoms with E-state index in [-0.39, 0.29) is 17.5 Å². The van der Waals surface area contributed by atoms with Crippen molar-refractivity contribution in [2.24, 2.45) is 5.41 Å². The highest BCUT2D eigenvalue weighted by Crippen LogP contribution is 2.30. The number of carbonyl (C=O) groups is 1. The Morgan fingerprint density at radius 3 is 2.60 bits per heavy atom. The van der Waals surface area contributed by atoms with Gasteiger partial charge >= 0.3 is 5.97 Å². The van der Waals surface area contributed by atoms with E-state index in [0.29, 0.717) is 23.4 Å². The van der Waals surface area contributed by atoms with E-state index in [1.54, 1.807) is 12.1 Å². The number of nitrogens with zero attached hydrogens (tertiary/aromatic N) is 1. The minimum absolute atomic E-state index is 0.0888. The predicted octanol–water partition coefficient (Wildman–Crippen LogP) is 1.68. The Hall–Kier alpha value is -1.69. The number of fused-ring (bicyclic) bond motifs is 1. The number of hydrogen-bond donors (Lipinski definition) is 2. The van der Waals surface area contributed by atoms with Crippen LogP contribution in [0.1, 0.15) is 30.9 Å². The van der Waals surface area contributed by atoms with Crippen molar-refractivity contribution < 1.29 is 23.5 Å². The molecular formula is C16H26N2O5Si2. The summed E-state index contributed by atoms with van der Waals surface area (Å²) in [7, 11) is -1.11. The summed E-state index contributed by atoms with van der Waals surface area (Å²) in [5.74, 6) is -0.605. The zero-order valence-corrected chi connectivity index (χ0v) is 18.0. The Bertz CT molecular complexity index is 714. The van der Waals surface area contributed by atoms with Gasteiger partial charge < -0.3 is 23.7 Å². The van der Waals surface area contributed by atoms with E-state index < -0.39 is 25.5 Å². The van der Waals surface area contributed by atoms with E-state index in [1.165, 1.54) is 0 Å². The SMILES string of the molecule is C[SiH2]OC(O[SiH2]C)C(C)(C)CCOc1cccc2[nH]c(C(=O)O)nc12. The molecule has 0 saturated carbocycles. The lowest BCUT2D eigenvalue weighted by Crippen LogP contribution is -2.37. The Kier molecular flexibility index (Phi) is 6.76. The second kappa shape index (κ2) is 8.61.